The van der Waals surface area contributed by atoms with E-state index in [-0.39, 0.29) is 19.1 Å². The van der Waals surface area contributed by atoms with Gasteiger partial charge in [-0.3, -0.25) is 9.59 Å². The predicted octanol–water partition coefficient (Wildman–Crippen LogP) is 4.27. The zero-order chi connectivity index (χ0) is 24.2. The number of aliphatic imine (C=N–C) groups is 1. The van der Waals surface area contributed by atoms with Gasteiger partial charge in [-0.05, 0) is 18.2 Å². The summed E-state index contributed by atoms with van der Waals surface area (Å²) in [6.45, 7) is 4.11. The van der Waals surface area contributed by atoms with Crippen LogP contribution < -0.4 is 10.2 Å². The second kappa shape index (κ2) is 9.69. The lowest BCUT2D eigenvalue weighted by atomic mass is 10.0. The molecule has 5 rings (SSSR count). The Balaban J connectivity index is 1.56. The maximum absolute atomic E-state index is 13.7. The number of benzene rings is 3. The fourth-order valence-corrected chi connectivity index (χ4v) is 4.21. The molecule has 0 saturated heterocycles. The van der Waals surface area contributed by atoms with Crippen LogP contribution in [0.2, 0.25) is 0 Å². The zero-order valence-corrected chi connectivity index (χ0v) is 19.0. The first-order valence-corrected chi connectivity index (χ1v) is 11.3. The first-order valence-electron chi connectivity index (χ1n) is 11.3. The third kappa shape index (κ3) is 4.44. The van der Waals surface area contributed by atoms with E-state index in [0.717, 1.165) is 22.0 Å². The topological polar surface area (TPSA) is 86.8 Å². The quantitative estimate of drug-likeness (QED) is 0.316. The minimum atomic E-state index is -1.12. The molecule has 1 aliphatic rings. The molecular formula is C28H24N4O3. The van der Waals surface area contributed by atoms with Gasteiger partial charge in [0.2, 0.25) is 6.17 Å². The SMILES string of the molecule is C=COCCN1C(=O)C(NC(=O)c2cc3ccccc3[nH]2)N=C(c2ccccc2)c2ccccc21. The fourth-order valence-electron chi connectivity index (χ4n) is 4.21. The molecular weight excluding hydrogens is 440 g/mol. The van der Waals surface area contributed by atoms with E-state index < -0.39 is 12.1 Å². The molecule has 1 atom stereocenters. The molecule has 2 N–H and O–H groups in total. The summed E-state index contributed by atoms with van der Waals surface area (Å²) >= 11 is 0. The summed E-state index contributed by atoms with van der Waals surface area (Å²) in [5.74, 6) is -0.760. The molecule has 0 radical (unpaired) electrons. The highest BCUT2D eigenvalue weighted by atomic mass is 16.5. The molecule has 0 aliphatic carbocycles. The number of nitrogens with zero attached hydrogens (tertiary/aromatic N) is 2. The Hall–Kier alpha value is -4.65. The van der Waals surface area contributed by atoms with Crippen LogP contribution in [0.15, 0.2) is 103 Å². The predicted molar refractivity (Wildman–Crippen MR) is 137 cm³/mol. The van der Waals surface area contributed by atoms with Crippen molar-refractivity contribution in [2.45, 2.75) is 6.17 Å². The molecule has 1 unspecified atom stereocenters. The number of nitrogens with one attached hydrogen (secondary N) is 2. The van der Waals surface area contributed by atoms with Gasteiger partial charge in [-0.1, -0.05) is 73.3 Å². The van der Waals surface area contributed by atoms with Crippen LogP contribution in [0, 0.1) is 0 Å². The number of amides is 2. The number of para-hydroxylation sites is 2. The average molecular weight is 465 g/mol. The van der Waals surface area contributed by atoms with Crippen molar-refractivity contribution in [1.82, 2.24) is 10.3 Å². The Labute approximate surface area is 202 Å². The van der Waals surface area contributed by atoms with Gasteiger partial charge in [-0.15, -0.1) is 0 Å². The molecule has 7 nitrogen and oxygen atoms in total. The summed E-state index contributed by atoms with van der Waals surface area (Å²) in [6, 6.07) is 26.6. The van der Waals surface area contributed by atoms with Gasteiger partial charge in [-0.2, -0.15) is 0 Å². The smallest absolute Gasteiger partial charge is 0.272 e. The monoisotopic (exact) mass is 464 g/mol. The van der Waals surface area contributed by atoms with Crippen LogP contribution in [0.25, 0.3) is 10.9 Å². The Morgan fingerprint density at radius 1 is 1.06 bits per heavy atom. The van der Waals surface area contributed by atoms with Gasteiger partial charge in [0.25, 0.3) is 11.8 Å². The van der Waals surface area contributed by atoms with Gasteiger partial charge in [0, 0.05) is 22.0 Å². The van der Waals surface area contributed by atoms with Crippen LogP contribution in [0.4, 0.5) is 5.69 Å². The van der Waals surface area contributed by atoms with E-state index in [4.69, 9.17) is 9.73 Å². The van der Waals surface area contributed by atoms with Gasteiger partial charge in [0.15, 0.2) is 0 Å². The third-order valence-corrected chi connectivity index (χ3v) is 5.85. The first kappa shape index (κ1) is 22.2. The maximum atomic E-state index is 13.7. The zero-order valence-electron chi connectivity index (χ0n) is 19.0. The van der Waals surface area contributed by atoms with Crippen molar-refractivity contribution in [3.05, 3.63) is 115 Å². The Morgan fingerprint density at radius 3 is 2.60 bits per heavy atom. The molecule has 35 heavy (non-hydrogen) atoms. The molecule has 174 valence electrons. The number of carbonyl (C=O) groups is 2. The average Bonchev–Trinajstić information content (AvgIpc) is 3.30. The molecule has 7 heteroatoms. The number of aromatic nitrogens is 1. The van der Waals surface area contributed by atoms with Crippen molar-refractivity contribution >= 4 is 34.1 Å². The van der Waals surface area contributed by atoms with E-state index in [1.807, 2.05) is 78.9 Å². The van der Waals surface area contributed by atoms with Crippen molar-refractivity contribution in [3.8, 4) is 0 Å². The number of rotatable bonds is 7. The standard InChI is InChI=1S/C28H24N4O3/c1-2-35-17-16-32-24-15-9-7-13-21(24)25(19-10-4-3-5-11-19)30-26(28(32)34)31-27(33)23-18-20-12-6-8-14-22(20)29-23/h2-15,18,26,29H,1,16-17H2,(H,31,33). The summed E-state index contributed by atoms with van der Waals surface area (Å²) in [5.41, 5.74) is 4.18. The van der Waals surface area contributed by atoms with E-state index >= 15 is 0 Å². The second-order valence-corrected chi connectivity index (χ2v) is 8.03. The maximum Gasteiger partial charge on any atom is 0.272 e. The number of ether oxygens (including phenoxy) is 1. The highest BCUT2D eigenvalue weighted by Crippen LogP contribution is 2.28. The summed E-state index contributed by atoms with van der Waals surface area (Å²) in [4.78, 5) is 36.4. The lowest BCUT2D eigenvalue weighted by Crippen LogP contribution is -2.48. The van der Waals surface area contributed by atoms with Crippen LogP contribution in [0.3, 0.4) is 0 Å². The number of carbonyl (C=O) groups excluding carboxylic acids is 2. The number of H-pyrrole nitrogens is 1. The number of aromatic amines is 1. The lowest BCUT2D eigenvalue weighted by molar-refractivity contribution is -0.120. The van der Waals surface area contributed by atoms with Crippen molar-refractivity contribution in [1.29, 1.82) is 0 Å². The Kier molecular flexibility index (Phi) is 6.13. The fraction of sp³-hybridized carbons (Fsp3) is 0.107. The van der Waals surface area contributed by atoms with E-state index in [0.29, 0.717) is 17.1 Å². The lowest BCUT2D eigenvalue weighted by Gasteiger charge is -2.25. The van der Waals surface area contributed by atoms with Crippen LogP contribution in [-0.4, -0.2) is 41.8 Å². The summed E-state index contributed by atoms with van der Waals surface area (Å²) < 4.78 is 5.31. The third-order valence-electron chi connectivity index (χ3n) is 5.85. The van der Waals surface area contributed by atoms with Crippen LogP contribution >= 0.6 is 0 Å². The second-order valence-electron chi connectivity index (χ2n) is 8.03. The molecule has 2 amide bonds. The molecule has 1 aromatic heterocycles. The minimum Gasteiger partial charge on any atom is -0.500 e. The van der Waals surface area contributed by atoms with Gasteiger partial charge in [0.1, 0.15) is 12.3 Å². The van der Waals surface area contributed by atoms with Crippen LogP contribution in [0.1, 0.15) is 21.6 Å². The molecule has 3 aromatic carbocycles. The summed E-state index contributed by atoms with van der Waals surface area (Å²) in [6.07, 6.45) is 0.218. The summed E-state index contributed by atoms with van der Waals surface area (Å²) in [7, 11) is 0. The Bertz CT molecular complexity index is 1390. The van der Waals surface area contributed by atoms with Gasteiger partial charge >= 0.3 is 0 Å². The molecule has 4 aromatic rings. The minimum absolute atomic E-state index is 0.257. The van der Waals surface area contributed by atoms with Gasteiger partial charge in [-0.25, -0.2) is 4.99 Å². The molecule has 1 aliphatic heterocycles. The molecule has 0 fully saturated rings. The largest absolute Gasteiger partial charge is 0.500 e. The first-order chi connectivity index (χ1) is 17.2. The number of fused-ring (bicyclic) bond motifs is 2. The summed E-state index contributed by atoms with van der Waals surface area (Å²) in [5, 5.41) is 3.74. The van der Waals surface area contributed by atoms with Crippen molar-refractivity contribution < 1.29 is 14.3 Å². The van der Waals surface area contributed by atoms with Crippen LogP contribution in [0.5, 0.6) is 0 Å². The Morgan fingerprint density at radius 2 is 1.80 bits per heavy atom. The molecule has 0 saturated carbocycles. The van der Waals surface area contributed by atoms with Gasteiger partial charge in [0.05, 0.1) is 24.2 Å². The molecule has 0 bridgehead atoms. The van der Waals surface area contributed by atoms with E-state index in [2.05, 4.69) is 16.9 Å². The van der Waals surface area contributed by atoms with Crippen LogP contribution in [-0.2, 0) is 9.53 Å². The highest BCUT2D eigenvalue weighted by molar-refractivity contribution is 6.20. The highest BCUT2D eigenvalue weighted by Gasteiger charge is 2.33. The van der Waals surface area contributed by atoms with E-state index in [1.165, 1.54) is 6.26 Å². The number of hydrogen-bond donors (Lipinski definition) is 2. The number of anilines is 1. The van der Waals surface area contributed by atoms with Crippen molar-refractivity contribution in [2.75, 3.05) is 18.1 Å². The van der Waals surface area contributed by atoms with E-state index in [9.17, 15) is 9.59 Å². The van der Waals surface area contributed by atoms with E-state index in [1.54, 1.807) is 11.0 Å². The normalized spacial score (nSPS) is 15.2. The molecule has 0 spiro atoms. The van der Waals surface area contributed by atoms with Gasteiger partial charge < -0.3 is 19.9 Å². The molecule has 2 heterocycles. The van der Waals surface area contributed by atoms with Crippen molar-refractivity contribution in [2.24, 2.45) is 4.99 Å². The number of benzodiazepines with no additional fused rings is 1. The van der Waals surface area contributed by atoms with Crippen molar-refractivity contribution in [3.63, 3.8) is 0 Å². The number of hydrogen-bond acceptors (Lipinski definition) is 4.